The molecule has 0 amide bonds. The quantitative estimate of drug-likeness (QED) is 0.907. The zero-order valence-electron chi connectivity index (χ0n) is 10.4. The van der Waals surface area contributed by atoms with E-state index in [2.05, 4.69) is 14.8 Å². The third-order valence-corrected chi connectivity index (χ3v) is 2.88. The summed E-state index contributed by atoms with van der Waals surface area (Å²) in [4.78, 5) is 4.18. The Morgan fingerprint density at radius 2 is 2.06 bits per heavy atom. The minimum absolute atomic E-state index is 0.409. The van der Waals surface area contributed by atoms with Crippen LogP contribution in [0.1, 0.15) is 11.4 Å². The number of pyridine rings is 1. The van der Waals surface area contributed by atoms with Crippen molar-refractivity contribution in [3.63, 3.8) is 0 Å². The van der Waals surface area contributed by atoms with Crippen LogP contribution >= 0.6 is 0 Å². The molecule has 0 bridgehead atoms. The zero-order chi connectivity index (χ0) is 13.3. The predicted octanol–water partition coefficient (Wildman–Crippen LogP) is 1.26. The smallest absolute Gasteiger partial charge is 0.229 e. The van der Waals surface area contributed by atoms with Crippen LogP contribution in [0.4, 0.5) is 5.69 Å². The van der Waals surface area contributed by atoms with Crippen molar-refractivity contribution >= 4 is 15.7 Å². The molecule has 2 heterocycles. The van der Waals surface area contributed by atoms with E-state index in [1.807, 2.05) is 19.9 Å². The van der Waals surface area contributed by atoms with Crippen LogP contribution in [0.2, 0.25) is 0 Å². The fraction of sp³-hybridized carbons (Fsp3) is 0.273. The van der Waals surface area contributed by atoms with Crippen LogP contribution in [0.25, 0.3) is 5.82 Å². The van der Waals surface area contributed by atoms with Crippen LogP contribution in [0.3, 0.4) is 0 Å². The minimum atomic E-state index is -3.34. The molecular formula is C11H14N4O2S. The van der Waals surface area contributed by atoms with Gasteiger partial charge >= 0.3 is 0 Å². The van der Waals surface area contributed by atoms with Crippen LogP contribution in [0.5, 0.6) is 0 Å². The van der Waals surface area contributed by atoms with Gasteiger partial charge in [-0.2, -0.15) is 5.10 Å². The number of aryl methyl sites for hydroxylation is 2. The number of rotatable bonds is 3. The van der Waals surface area contributed by atoms with Gasteiger partial charge in [0.1, 0.15) is 0 Å². The van der Waals surface area contributed by atoms with Gasteiger partial charge in [0, 0.05) is 11.9 Å². The molecule has 2 aromatic heterocycles. The Labute approximate surface area is 106 Å². The van der Waals surface area contributed by atoms with Gasteiger partial charge in [-0.3, -0.25) is 4.72 Å². The first-order valence-corrected chi connectivity index (χ1v) is 7.22. The van der Waals surface area contributed by atoms with E-state index in [1.54, 1.807) is 23.0 Å². The number of nitrogens with one attached hydrogen (secondary N) is 1. The molecule has 0 saturated heterocycles. The lowest BCUT2D eigenvalue weighted by Crippen LogP contribution is -2.13. The molecule has 0 radical (unpaired) electrons. The lowest BCUT2D eigenvalue weighted by Gasteiger charge is -2.10. The highest BCUT2D eigenvalue weighted by Crippen LogP contribution is 2.19. The van der Waals surface area contributed by atoms with Gasteiger partial charge in [-0.15, -0.1) is 0 Å². The third kappa shape index (κ3) is 2.67. The van der Waals surface area contributed by atoms with Gasteiger partial charge in [-0.25, -0.2) is 18.1 Å². The molecule has 0 saturated carbocycles. The first-order valence-electron chi connectivity index (χ1n) is 5.33. The van der Waals surface area contributed by atoms with E-state index in [9.17, 15) is 8.42 Å². The summed E-state index contributed by atoms with van der Waals surface area (Å²) in [5.41, 5.74) is 2.15. The van der Waals surface area contributed by atoms with Crippen molar-refractivity contribution in [3.8, 4) is 5.82 Å². The molecule has 7 heteroatoms. The van der Waals surface area contributed by atoms with Crippen molar-refractivity contribution in [1.29, 1.82) is 0 Å². The van der Waals surface area contributed by atoms with Crippen molar-refractivity contribution in [3.05, 3.63) is 35.8 Å². The molecule has 0 aliphatic heterocycles. The summed E-state index contributed by atoms with van der Waals surface area (Å²) in [6, 6.07) is 5.22. The molecule has 0 unspecified atom stereocenters. The highest BCUT2D eigenvalue weighted by atomic mass is 32.2. The Kier molecular flexibility index (Phi) is 3.08. The van der Waals surface area contributed by atoms with Crippen LogP contribution < -0.4 is 4.72 Å². The molecule has 96 valence electrons. The summed E-state index contributed by atoms with van der Waals surface area (Å²) in [7, 11) is -3.34. The van der Waals surface area contributed by atoms with Crippen molar-refractivity contribution in [1.82, 2.24) is 14.8 Å². The molecule has 2 rings (SSSR count). The number of hydrogen-bond acceptors (Lipinski definition) is 4. The van der Waals surface area contributed by atoms with Crippen LogP contribution in [-0.2, 0) is 10.0 Å². The lowest BCUT2D eigenvalue weighted by molar-refractivity contribution is 0.606. The molecule has 0 atom stereocenters. The molecule has 0 aromatic carbocycles. The van der Waals surface area contributed by atoms with E-state index in [-0.39, 0.29) is 0 Å². The predicted molar refractivity (Wildman–Crippen MR) is 69.3 cm³/mol. The second-order valence-corrected chi connectivity index (χ2v) is 5.84. The molecule has 2 aromatic rings. The molecule has 18 heavy (non-hydrogen) atoms. The fourth-order valence-corrected chi connectivity index (χ4v) is 2.25. The van der Waals surface area contributed by atoms with E-state index in [0.717, 1.165) is 17.6 Å². The van der Waals surface area contributed by atoms with Gasteiger partial charge in [-0.05, 0) is 32.0 Å². The van der Waals surface area contributed by atoms with Gasteiger partial charge in [0.05, 0.1) is 17.6 Å². The Morgan fingerprint density at radius 1 is 1.33 bits per heavy atom. The molecule has 6 nitrogen and oxygen atoms in total. The Hall–Kier alpha value is -1.89. The number of hydrogen-bond donors (Lipinski definition) is 1. The van der Waals surface area contributed by atoms with Crippen molar-refractivity contribution < 1.29 is 8.42 Å². The van der Waals surface area contributed by atoms with E-state index in [4.69, 9.17) is 0 Å². The van der Waals surface area contributed by atoms with E-state index >= 15 is 0 Å². The monoisotopic (exact) mass is 266 g/mol. The molecule has 0 aliphatic rings. The summed E-state index contributed by atoms with van der Waals surface area (Å²) in [5, 5.41) is 4.29. The fourth-order valence-electron chi connectivity index (χ4n) is 1.69. The summed E-state index contributed by atoms with van der Waals surface area (Å²) >= 11 is 0. The van der Waals surface area contributed by atoms with Gasteiger partial charge in [0.15, 0.2) is 5.82 Å². The number of anilines is 1. The summed E-state index contributed by atoms with van der Waals surface area (Å²) in [6.07, 6.45) is 2.70. The van der Waals surface area contributed by atoms with E-state index in [1.165, 1.54) is 0 Å². The molecule has 0 spiro atoms. The van der Waals surface area contributed by atoms with Crippen LogP contribution in [0, 0.1) is 13.8 Å². The average molecular weight is 266 g/mol. The first kappa shape index (κ1) is 12.6. The van der Waals surface area contributed by atoms with Crippen molar-refractivity contribution in [2.75, 3.05) is 11.0 Å². The highest BCUT2D eigenvalue weighted by Gasteiger charge is 2.12. The minimum Gasteiger partial charge on any atom is -0.280 e. The number of sulfonamides is 1. The van der Waals surface area contributed by atoms with Gasteiger partial charge in [0.25, 0.3) is 0 Å². The van der Waals surface area contributed by atoms with E-state index in [0.29, 0.717) is 11.5 Å². The first-order chi connectivity index (χ1) is 8.37. The van der Waals surface area contributed by atoms with Gasteiger partial charge in [-0.1, -0.05) is 0 Å². The second-order valence-electron chi connectivity index (χ2n) is 4.09. The second kappa shape index (κ2) is 4.41. The SMILES string of the molecule is Cc1cc(C)n(-c2ncccc2NS(C)(=O)=O)n1. The maximum atomic E-state index is 11.3. The standard InChI is InChI=1S/C11H14N4O2S/c1-8-7-9(2)15(13-8)11-10(5-4-6-12-11)14-18(3,16)17/h4-7,14H,1-3H3. The normalized spacial score (nSPS) is 11.5. The summed E-state index contributed by atoms with van der Waals surface area (Å²) in [6.45, 7) is 3.76. The maximum absolute atomic E-state index is 11.3. The van der Waals surface area contributed by atoms with E-state index < -0.39 is 10.0 Å². The Morgan fingerprint density at radius 3 is 2.61 bits per heavy atom. The average Bonchev–Trinajstić information content (AvgIpc) is 2.56. The maximum Gasteiger partial charge on any atom is 0.229 e. The Balaban J connectivity index is 2.55. The lowest BCUT2D eigenvalue weighted by atomic mass is 10.3. The third-order valence-electron chi connectivity index (χ3n) is 2.29. The van der Waals surface area contributed by atoms with Crippen molar-refractivity contribution in [2.45, 2.75) is 13.8 Å². The molecular weight excluding hydrogens is 252 g/mol. The van der Waals surface area contributed by atoms with Gasteiger partial charge < -0.3 is 0 Å². The molecule has 0 aliphatic carbocycles. The highest BCUT2D eigenvalue weighted by molar-refractivity contribution is 7.92. The molecule has 0 fully saturated rings. The summed E-state index contributed by atoms with van der Waals surface area (Å²) in [5.74, 6) is 0.466. The zero-order valence-corrected chi connectivity index (χ0v) is 11.2. The Bertz CT molecular complexity index is 676. The van der Waals surface area contributed by atoms with Crippen molar-refractivity contribution in [2.24, 2.45) is 0 Å². The van der Waals surface area contributed by atoms with Crippen LogP contribution in [-0.4, -0.2) is 29.4 Å². The summed E-state index contributed by atoms with van der Waals surface area (Å²) < 4.78 is 26.7. The largest absolute Gasteiger partial charge is 0.280 e. The number of aromatic nitrogens is 3. The van der Waals surface area contributed by atoms with Crippen LogP contribution in [0.15, 0.2) is 24.4 Å². The van der Waals surface area contributed by atoms with Gasteiger partial charge in [0.2, 0.25) is 10.0 Å². The number of nitrogens with zero attached hydrogens (tertiary/aromatic N) is 3. The molecule has 1 N–H and O–H groups in total. The topological polar surface area (TPSA) is 76.9 Å².